The molecule has 0 saturated heterocycles. The molecular weight excluding hydrogens is 402 g/mol. The summed E-state index contributed by atoms with van der Waals surface area (Å²) in [6.07, 6.45) is 1.58. The van der Waals surface area contributed by atoms with E-state index in [0.717, 1.165) is 18.5 Å². The molecule has 8 heteroatoms. The number of aliphatic carboxylic acids is 1. The van der Waals surface area contributed by atoms with Gasteiger partial charge in [0.05, 0.1) is 6.42 Å². The monoisotopic (exact) mass is 443 g/mol. The van der Waals surface area contributed by atoms with Gasteiger partial charge in [-0.25, -0.2) is 0 Å². The van der Waals surface area contributed by atoms with Crippen LogP contribution in [0, 0.1) is 0 Å². The number of thiol groups is 1. The predicted molar refractivity (Wildman–Crippen MR) is 128 cm³/mol. The topological polar surface area (TPSA) is 122 Å². The number of amides is 2. The molecule has 0 unspecified atom stereocenters. The van der Waals surface area contributed by atoms with Crippen molar-refractivity contribution in [1.29, 1.82) is 0 Å². The molecule has 2 atom stereocenters. The molecule has 7 nitrogen and oxygen atoms in total. The van der Waals surface area contributed by atoms with Crippen LogP contribution in [0.1, 0.15) is 59.9 Å². The average Bonchev–Trinajstić information content (AvgIpc) is 2.77. The van der Waals surface area contributed by atoms with Crippen molar-refractivity contribution in [3.63, 3.8) is 0 Å². The van der Waals surface area contributed by atoms with Crippen LogP contribution in [0.15, 0.2) is 30.3 Å². The number of carboxylic acid groups (broad SMARTS) is 1. The first kappa shape index (κ1) is 32.6. The Hall–Kier alpha value is -2.06. The van der Waals surface area contributed by atoms with Crippen LogP contribution in [0.25, 0.3) is 0 Å². The molecule has 30 heavy (non-hydrogen) atoms. The van der Waals surface area contributed by atoms with Gasteiger partial charge < -0.3 is 21.5 Å². The van der Waals surface area contributed by atoms with Crippen molar-refractivity contribution in [2.24, 2.45) is 5.73 Å². The summed E-state index contributed by atoms with van der Waals surface area (Å²) in [5.41, 5.74) is 5.86. The zero-order valence-electron chi connectivity index (χ0n) is 19.3. The van der Waals surface area contributed by atoms with Crippen LogP contribution in [0.3, 0.4) is 0 Å². The number of nitrogens with one attached hydrogen (secondary N) is 2. The summed E-state index contributed by atoms with van der Waals surface area (Å²) < 4.78 is 0. The van der Waals surface area contributed by atoms with Gasteiger partial charge in [-0.2, -0.15) is 12.6 Å². The highest BCUT2D eigenvalue weighted by atomic mass is 32.1. The van der Waals surface area contributed by atoms with E-state index in [0.29, 0.717) is 12.2 Å². The summed E-state index contributed by atoms with van der Waals surface area (Å²) in [5.74, 6) is -1.56. The minimum absolute atomic E-state index is 0.158. The molecule has 5 N–H and O–H groups in total. The van der Waals surface area contributed by atoms with Crippen LogP contribution in [0.5, 0.6) is 0 Å². The van der Waals surface area contributed by atoms with E-state index in [1.54, 1.807) is 0 Å². The standard InChI is InChI=1S/C15H20N2O4S.C3H9N.2C2H6/c1-10(15(20)21)16-14(19)12(7-8-22)17-13(18)9-11-5-3-2-4-6-11;1-2-3-4;2*1-2/h2-6,10,12,22H,7-9H2,1H3,(H,16,19)(H,17,18)(H,20,21);2-4H2,1H3;2*1-2H3/t10-,12-;;;/m0.../s1. The largest absolute Gasteiger partial charge is 0.480 e. The number of carboxylic acids is 1. The maximum atomic E-state index is 12.0. The first-order valence-electron chi connectivity index (χ1n) is 10.5. The molecule has 174 valence electrons. The quantitative estimate of drug-likeness (QED) is 0.376. The van der Waals surface area contributed by atoms with Crippen LogP contribution >= 0.6 is 12.6 Å². The van der Waals surface area contributed by atoms with Gasteiger partial charge in [0.1, 0.15) is 12.1 Å². The Labute approximate surface area is 187 Å². The summed E-state index contributed by atoms with van der Waals surface area (Å²) in [5, 5.41) is 13.8. The van der Waals surface area contributed by atoms with Crippen molar-refractivity contribution in [1.82, 2.24) is 10.6 Å². The molecule has 1 aromatic rings. The molecule has 0 aliphatic carbocycles. The summed E-state index contributed by atoms with van der Waals surface area (Å²) >= 11 is 4.06. The fourth-order valence-electron chi connectivity index (χ4n) is 1.80. The second-order valence-corrected chi connectivity index (χ2v) is 6.10. The zero-order valence-corrected chi connectivity index (χ0v) is 20.2. The van der Waals surface area contributed by atoms with Gasteiger partial charge in [-0.05, 0) is 37.6 Å². The van der Waals surface area contributed by atoms with Crippen molar-refractivity contribution in [3.05, 3.63) is 35.9 Å². The normalized spacial score (nSPS) is 10.9. The maximum Gasteiger partial charge on any atom is 0.325 e. The highest BCUT2D eigenvalue weighted by Crippen LogP contribution is 2.02. The number of nitrogens with two attached hydrogens (primary N) is 1. The lowest BCUT2D eigenvalue weighted by molar-refractivity contribution is -0.141. The average molecular weight is 444 g/mol. The highest BCUT2D eigenvalue weighted by molar-refractivity contribution is 7.80. The van der Waals surface area contributed by atoms with Gasteiger partial charge in [-0.3, -0.25) is 14.4 Å². The fourth-order valence-corrected chi connectivity index (χ4v) is 2.06. The van der Waals surface area contributed by atoms with E-state index in [4.69, 9.17) is 10.8 Å². The fraction of sp³-hybridized carbons (Fsp3) is 0.591. The van der Waals surface area contributed by atoms with Gasteiger partial charge >= 0.3 is 5.97 Å². The molecule has 2 amide bonds. The van der Waals surface area contributed by atoms with Gasteiger partial charge in [0, 0.05) is 0 Å². The Balaban J connectivity index is -0.000000793. The molecule has 0 aliphatic heterocycles. The lowest BCUT2D eigenvalue weighted by Crippen LogP contribution is -2.51. The first-order chi connectivity index (χ1) is 14.3. The number of carbonyl (C=O) groups excluding carboxylic acids is 2. The molecule has 1 rings (SSSR count). The number of rotatable bonds is 9. The highest BCUT2D eigenvalue weighted by Gasteiger charge is 2.23. The summed E-state index contributed by atoms with van der Waals surface area (Å²) in [6, 6.07) is 7.34. The second-order valence-electron chi connectivity index (χ2n) is 5.65. The minimum Gasteiger partial charge on any atom is -0.480 e. The molecule has 0 spiro atoms. The molecule has 0 fully saturated rings. The molecule has 0 aromatic heterocycles. The van der Waals surface area contributed by atoms with Crippen LogP contribution in [-0.2, 0) is 20.8 Å². The van der Waals surface area contributed by atoms with Crippen LogP contribution in [-0.4, -0.2) is 47.3 Å². The lowest BCUT2D eigenvalue weighted by atomic mass is 10.1. The second kappa shape index (κ2) is 23.2. The van der Waals surface area contributed by atoms with Gasteiger partial charge in [0.25, 0.3) is 0 Å². The van der Waals surface area contributed by atoms with E-state index >= 15 is 0 Å². The van der Waals surface area contributed by atoms with Gasteiger partial charge in [0.2, 0.25) is 11.8 Å². The van der Waals surface area contributed by atoms with Gasteiger partial charge in [-0.15, -0.1) is 0 Å². The van der Waals surface area contributed by atoms with Crippen molar-refractivity contribution in [3.8, 4) is 0 Å². The zero-order chi connectivity index (χ0) is 23.9. The molecule has 1 aromatic carbocycles. The first-order valence-corrected chi connectivity index (χ1v) is 11.2. The van der Waals surface area contributed by atoms with E-state index in [-0.39, 0.29) is 12.3 Å². The van der Waals surface area contributed by atoms with E-state index in [2.05, 4.69) is 30.2 Å². The molecule has 0 aliphatic rings. The Morgan fingerprint density at radius 1 is 1.07 bits per heavy atom. The van der Waals surface area contributed by atoms with Crippen molar-refractivity contribution in [2.75, 3.05) is 12.3 Å². The van der Waals surface area contributed by atoms with Crippen LogP contribution in [0.2, 0.25) is 0 Å². The Morgan fingerprint density at radius 3 is 1.97 bits per heavy atom. The SMILES string of the molecule is CC.CC.CCCN.C[C@H](NC(=O)[C@H](CCS)NC(=O)Cc1ccccc1)C(=O)O. The van der Waals surface area contributed by atoms with E-state index in [1.165, 1.54) is 6.92 Å². The van der Waals surface area contributed by atoms with E-state index in [1.807, 2.05) is 58.0 Å². The summed E-state index contributed by atoms with van der Waals surface area (Å²) in [6.45, 7) is 12.2. The van der Waals surface area contributed by atoms with Crippen LogP contribution < -0.4 is 16.4 Å². The maximum absolute atomic E-state index is 12.0. The number of hydrogen-bond acceptors (Lipinski definition) is 5. The van der Waals surface area contributed by atoms with Crippen molar-refractivity contribution < 1.29 is 19.5 Å². The van der Waals surface area contributed by atoms with Crippen LogP contribution in [0.4, 0.5) is 0 Å². The van der Waals surface area contributed by atoms with Gasteiger partial charge in [-0.1, -0.05) is 65.0 Å². The Morgan fingerprint density at radius 2 is 1.57 bits per heavy atom. The third kappa shape index (κ3) is 18.0. The Bertz CT molecular complexity index is 555. The van der Waals surface area contributed by atoms with Gasteiger partial charge in [0.15, 0.2) is 0 Å². The molecular formula is C22H41N3O4S. The van der Waals surface area contributed by atoms with Crippen molar-refractivity contribution in [2.45, 2.75) is 72.9 Å². The smallest absolute Gasteiger partial charge is 0.325 e. The van der Waals surface area contributed by atoms with E-state index < -0.39 is 24.0 Å². The number of benzene rings is 1. The predicted octanol–water partition coefficient (Wildman–Crippen LogP) is 3.03. The molecule has 0 radical (unpaired) electrons. The molecule has 0 bridgehead atoms. The third-order valence-corrected chi connectivity index (χ3v) is 3.55. The number of carbonyl (C=O) groups is 3. The van der Waals surface area contributed by atoms with Crippen molar-refractivity contribution >= 4 is 30.4 Å². The molecule has 0 saturated carbocycles. The summed E-state index contributed by atoms with van der Waals surface area (Å²) in [7, 11) is 0. The minimum atomic E-state index is -1.13. The summed E-state index contributed by atoms with van der Waals surface area (Å²) in [4.78, 5) is 34.8. The molecule has 0 heterocycles. The third-order valence-electron chi connectivity index (χ3n) is 3.29. The lowest BCUT2D eigenvalue weighted by Gasteiger charge is -2.19. The Kier molecular flexibility index (Phi) is 25.2. The number of hydrogen-bond donors (Lipinski definition) is 5. The van der Waals surface area contributed by atoms with E-state index in [9.17, 15) is 14.4 Å².